The highest BCUT2D eigenvalue weighted by molar-refractivity contribution is 6.09. The number of rotatable bonds is 5. The lowest BCUT2D eigenvalue weighted by atomic mass is 9.68. The van der Waals surface area contributed by atoms with Crippen molar-refractivity contribution in [1.29, 1.82) is 0 Å². The van der Waals surface area contributed by atoms with Crippen LogP contribution in [0.4, 0.5) is 0 Å². The molecule has 3 aliphatic carbocycles. The second-order valence-electron chi connectivity index (χ2n) is 18.3. The molecule has 0 aromatic heterocycles. The Morgan fingerprint density at radius 1 is 0.377 bits per heavy atom. The van der Waals surface area contributed by atoms with Crippen LogP contribution in [-0.4, -0.2) is 0 Å². The minimum absolute atomic E-state index is 0.0226. The highest BCUT2D eigenvalue weighted by Gasteiger charge is 2.53. The standard InChI is InChI=1S/C61H44/c1-60(2)53-21-11-9-19-48(53)50-31-24-38(35-56(50)60)23-30-45(43-26-25-39-13-3-4-16-42(39)36-43)44-28-33-52-57(37-44)61(55-34-29-40-14-5-7-17-46(40)58(52)55)54-22-12-10-20-49(54)51-32-27-41-15-6-8-18-47(41)59(51)61/h3-22,24-29,31-37,45H,23,30H2,1-2H3. The summed E-state index contributed by atoms with van der Waals surface area (Å²) < 4.78 is 0. The van der Waals surface area contributed by atoms with Gasteiger partial charge in [-0.15, -0.1) is 0 Å². The van der Waals surface area contributed by atoms with Crippen LogP contribution in [-0.2, 0) is 17.3 Å². The molecule has 1 spiro atoms. The van der Waals surface area contributed by atoms with Gasteiger partial charge in [-0.1, -0.05) is 214 Å². The predicted molar refractivity (Wildman–Crippen MR) is 256 cm³/mol. The minimum Gasteiger partial charge on any atom is -0.0619 e. The van der Waals surface area contributed by atoms with Crippen LogP contribution in [0.2, 0.25) is 0 Å². The monoisotopic (exact) mass is 776 g/mol. The Labute approximate surface area is 357 Å². The molecule has 0 heterocycles. The van der Waals surface area contributed by atoms with Crippen LogP contribution in [0.5, 0.6) is 0 Å². The third-order valence-electron chi connectivity index (χ3n) is 14.9. The first-order valence-corrected chi connectivity index (χ1v) is 22.0. The average molecular weight is 777 g/mol. The molecule has 0 radical (unpaired) electrons. The Morgan fingerprint density at radius 2 is 0.951 bits per heavy atom. The van der Waals surface area contributed by atoms with E-state index in [4.69, 9.17) is 0 Å². The maximum absolute atomic E-state index is 2.64. The van der Waals surface area contributed by atoms with Crippen molar-refractivity contribution in [1.82, 2.24) is 0 Å². The highest BCUT2D eigenvalue weighted by Crippen LogP contribution is 2.65. The number of benzene rings is 10. The number of fused-ring (bicyclic) bond motifs is 18. The molecule has 0 amide bonds. The van der Waals surface area contributed by atoms with Gasteiger partial charge >= 0.3 is 0 Å². The quantitative estimate of drug-likeness (QED) is 0.163. The van der Waals surface area contributed by atoms with E-state index in [1.165, 1.54) is 116 Å². The maximum atomic E-state index is 2.64. The van der Waals surface area contributed by atoms with Crippen molar-refractivity contribution in [2.75, 3.05) is 0 Å². The first-order chi connectivity index (χ1) is 30.0. The SMILES string of the molecule is CC1(C)c2ccccc2-c2ccc(CCC(c3ccc4c(c3)C3(c5ccccc5-c5ccc6ccccc6c53)c3ccc5ccccc5c3-4)c3ccc4ccccc4c3)cc21. The molecule has 0 saturated carbocycles. The first kappa shape index (κ1) is 34.8. The van der Waals surface area contributed by atoms with E-state index in [0.717, 1.165) is 12.8 Å². The lowest BCUT2D eigenvalue weighted by Crippen LogP contribution is -2.26. The van der Waals surface area contributed by atoms with Crippen LogP contribution in [0.1, 0.15) is 76.3 Å². The summed E-state index contributed by atoms with van der Waals surface area (Å²) in [5.41, 5.74) is 20.3. The summed E-state index contributed by atoms with van der Waals surface area (Å²) in [6.07, 6.45) is 1.99. The summed E-state index contributed by atoms with van der Waals surface area (Å²) in [6.45, 7) is 4.78. The van der Waals surface area contributed by atoms with Gasteiger partial charge in [-0.25, -0.2) is 0 Å². The van der Waals surface area contributed by atoms with E-state index in [0.29, 0.717) is 0 Å². The van der Waals surface area contributed by atoms with Crippen LogP contribution in [0, 0.1) is 0 Å². The third kappa shape index (κ3) is 4.77. The Balaban J connectivity index is 1.03. The molecule has 288 valence electrons. The van der Waals surface area contributed by atoms with E-state index in [1.54, 1.807) is 0 Å². The number of hydrogen-bond acceptors (Lipinski definition) is 0. The molecule has 3 aliphatic rings. The smallest absolute Gasteiger partial charge is 0.0619 e. The molecule has 0 N–H and O–H groups in total. The minimum atomic E-state index is -0.466. The van der Waals surface area contributed by atoms with E-state index < -0.39 is 5.41 Å². The van der Waals surface area contributed by atoms with E-state index >= 15 is 0 Å². The fourth-order valence-corrected chi connectivity index (χ4v) is 12.1. The normalized spacial score (nSPS) is 16.6. The zero-order valence-electron chi connectivity index (χ0n) is 34.5. The Kier molecular flexibility index (Phi) is 7.27. The lowest BCUT2D eigenvalue weighted by Gasteiger charge is -2.32. The first-order valence-electron chi connectivity index (χ1n) is 22.0. The van der Waals surface area contributed by atoms with Gasteiger partial charge in [0.2, 0.25) is 0 Å². The Morgan fingerprint density at radius 3 is 1.79 bits per heavy atom. The number of hydrogen-bond donors (Lipinski definition) is 0. The van der Waals surface area contributed by atoms with E-state index in [-0.39, 0.29) is 11.3 Å². The maximum Gasteiger partial charge on any atom is 0.0731 e. The van der Waals surface area contributed by atoms with Crippen LogP contribution in [0.25, 0.3) is 65.7 Å². The van der Waals surface area contributed by atoms with Crippen molar-refractivity contribution in [3.8, 4) is 33.4 Å². The fraction of sp³-hybridized carbons (Fsp3) is 0.115. The summed E-state index contributed by atoms with van der Waals surface area (Å²) in [5, 5.41) is 7.81. The van der Waals surface area contributed by atoms with Crippen molar-refractivity contribution in [2.24, 2.45) is 0 Å². The summed E-state index contributed by atoms with van der Waals surface area (Å²) in [4.78, 5) is 0. The van der Waals surface area contributed by atoms with Crippen molar-refractivity contribution < 1.29 is 0 Å². The molecule has 0 fully saturated rings. The molecule has 10 aromatic carbocycles. The van der Waals surface area contributed by atoms with Gasteiger partial charge in [-0.2, -0.15) is 0 Å². The fourth-order valence-electron chi connectivity index (χ4n) is 12.1. The molecular formula is C61H44. The van der Waals surface area contributed by atoms with Crippen molar-refractivity contribution in [3.63, 3.8) is 0 Å². The molecular weight excluding hydrogens is 733 g/mol. The topological polar surface area (TPSA) is 0 Å². The molecule has 61 heavy (non-hydrogen) atoms. The second kappa shape index (κ2) is 12.7. The summed E-state index contributed by atoms with van der Waals surface area (Å²) in [6, 6.07) is 76.7. The van der Waals surface area contributed by atoms with E-state index in [2.05, 4.69) is 214 Å². The van der Waals surface area contributed by atoms with Crippen molar-refractivity contribution >= 4 is 32.3 Å². The molecule has 0 heteroatoms. The molecule has 2 unspecified atom stereocenters. The van der Waals surface area contributed by atoms with Gasteiger partial charge in [0.25, 0.3) is 0 Å². The summed E-state index contributed by atoms with van der Waals surface area (Å²) >= 11 is 0. The van der Waals surface area contributed by atoms with Gasteiger partial charge in [0, 0.05) is 11.3 Å². The molecule has 0 nitrogen and oxygen atoms in total. The third-order valence-corrected chi connectivity index (χ3v) is 14.9. The summed E-state index contributed by atoms with van der Waals surface area (Å²) in [7, 11) is 0. The van der Waals surface area contributed by atoms with Crippen molar-refractivity contribution in [3.05, 3.63) is 250 Å². The molecule has 10 aromatic rings. The van der Waals surface area contributed by atoms with Crippen molar-refractivity contribution in [2.45, 2.75) is 43.4 Å². The van der Waals surface area contributed by atoms with Gasteiger partial charge < -0.3 is 0 Å². The zero-order valence-corrected chi connectivity index (χ0v) is 34.5. The molecule has 13 rings (SSSR count). The van der Waals surface area contributed by atoms with Gasteiger partial charge in [0.1, 0.15) is 0 Å². The van der Waals surface area contributed by atoms with Crippen LogP contribution >= 0.6 is 0 Å². The van der Waals surface area contributed by atoms with Gasteiger partial charge in [-0.05, 0) is 129 Å². The van der Waals surface area contributed by atoms with Crippen LogP contribution in [0.3, 0.4) is 0 Å². The largest absolute Gasteiger partial charge is 0.0731 e. The Hall–Kier alpha value is -7.02. The Bertz CT molecular complexity index is 3470. The molecule has 2 atom stereocenters. The number of aryl methyl sites for hydroxylation is 1. The molecule has 0 saturated heterocycles. The average Bonchev–Trinajstić information content (AvgIpc) is 3.87. The van der Waals surface area contributed by atoms with Crippen LogP contribution in [0.15, 0.2) is 200 Å². The van der Waals surface area contributed by atoms with Gasteiger partial charge in [0.05, 0.1) is 5.41 Å². The van der Waals surface area contributed by atoms with E-state index in [1.807, 2.05) is 0 Å². The lowest BCUT2D eigenvalue weighted by molar-refractivity contribution is 0.656. The predicted octanol–water partition coefficient (Wildman–Crippen LogP) is 15.6. The van der Waals surface area contributed by atoms with Gasteiger partial charge in [-0.3, -0.25) is 0 Å². The van der Waals surface area contributed by atoms with E-state index in [9.17, 15) is 0 Å². The molecule has 0 bridgehead atoms. The molecule has 0 aliphatic heterocycles. The van der Waals surface area contributed by atoms with Crippen LogP contribution < -0.4 is 0 Å². The second-order valence-corrected chi connectivity index (χ2v) is 18.3. The summed E-state index contributed by atoms with van der Waals surface area (Å²) in [5.74, 6) is 0.189. The van der Waals surface area contributed by atoms with Gasteiger partial charge in [0.15, 0.2) is 0 Å². The zero-order chi connectivity index (χ0) is 40.5. The highest BCUT2D eigenvalue weighted by atomic mass is 14.5.